The number of hydrogen-bond donors (Lipinski definition) is 3. The molecule has 104 valence electrons. The van der Waals surface area contributed by atoms with E-state index < -0.39 is 12.1 Å². The number of alkyl halides is 3. The van der Waals surface area contributed by atoms with Gasteiger partial charge in [0.05, 0.1) is 0 Å². The Hall–Kier alpha value is -1.72. The molecule has 0 aromatic heterocycles. The molecule has 1 aromatic rings. The number of hydrogen-bond acceptors (Lipinski definition) is 2. The van der Waals surface area contributed by atoms with E-state index in [1.54, 1.807) is 0 Å². The summed E-state index contributed by atoms with van der Waals surface area (Å²) >= 11 is 1.83. The predicted molar refractivity (Wildman–Crippen MR) is 72.9 cm³/mol. The number of nitrogens with two attached hydrogens (primary N) is 3. The maximum absolute atomic E-state index is 12.2. The number of aliphatic imine (C=N–C) groups is 2. The Morgan fingerprint density at radius 3 is 2.37 bits per heavy atom. The molecule has 10 heteroatoms. The summed E-state index contributed by atoms with van der Waals surface area (Å²) in [6.45, 7) is 0. The van der Waals surface area contributed by atoms with Crippen LogP contribution in [0.5, 0.6) is 5.75 Å². The zero-order chi connectivity index (χ0) is 14.6. The summed E-state index contributed by atoms with van der Waals surface area (Å²) in [4.78, 5) is 7.04. The van der Waals surface area contributed by atoms with Crippen molar-refractivity contribution in [1.82, 2.24) is 0 Å². The molecule has 0 amide bonds. The number of ether oxygens (including phenoxy) is 1. The van der Waals surface area contributed by atoms with E-state index in [0.29, 0.717) is 3.57 Å². The van der Waals surface area contributed by atoms with Crippen molar-refractivity contribution >= 4 is 40.2 Å². The molecule has 0 saturated heterocycles. The van der Waals surface area contributed by atoms with Gasteiger partial charge in [0.25, 0.3) is 0 Å². The lowest BCUT2D eigenvalue weighted by molar-refractivity contribution is -0.274. The van der Waals surface area contributed by atoms with Gasteiger partial charge >= 0.3 is 6.36 Å². The van der Waals surface area contributed by atoms with Crippen molar-refractivity contribution in [1.29, 1.82) is 0 Å². The number of nitrogens with zero attached hydrogens (tertiary/aromatic N) is 2. The number of guanidine groups is 2. The van der Waals surface area contributed by atoms with Gasteiger partial charge in [-0.05, 0) is 40.8 Å². The van der Waals surface area contributed by atoms with Crippen LogP contribution in [-0.2, 0) is 0 Å². The molecule has 0 radical (unpaired) electrons. The average Bonchev–Trinajstić information content (AvgIpc) is 2.18. The highest BCUT2D eigenvalue weighted by molar-refractivity contribution is 14.1. The van der Waals surface area contributed by atoms with E-state index in [2.05, 4.69) is 14.7 Å². The first kappa shape index (κ1) is 15.3. The SMILES string of the molecule is NC(N)=NC(N)=Nc1ccc(I)cc1OC(F)(F)F. The van der Waals surface area contributed by atoms with Crippen LogP contribution >= 0.6 is 22.6 Å². The van der Waals surface area contributed by atoms with E-state index in [1.807, 2.05) is 22.6 Å². The Balaban J connectivity index is 3.17. The van der Waals surface area contributed by atoms with Crippen LogP contribution in [0.1, 0.15) is 0 Å². The molecular weight excluding hydrogens is 378 g/mol. The quantitative estimate of drug-likeness (QED) is 0.405. The van der Waals surface area contributed by atoms with Crippen LogP contribution in [0.4, 0.5) is 18.9 Å². The standard InChI is InChI=1S/C9H9F3IN5O/c10-9(11,12)19-6-3-4(13)1-2-5(6)17-8(16)18-7(14)15/h1-3H,(H6,14,15,16,17,18). The van der Waals surface area contributed by atoms with Gasteiger partial charge in [0.2, 0.25) is 5.96 Å². The molecule has 19 heavy (non-hydrogen) atoms. The summed E-state index contributed by atoms with van der Waals surface area (Å²) < 4.78 is 41.1. The van der Waals surface area contributed by atoms with Gasteiger partial charge in [-0.15, -0.1) is 13.2 Å². The van der Waals surface area contributed by atoms with Gasteiger partial charge < -0.3 is 21.9 Å². The first-order valence-electron chi connectivity index (χ1n) is 4.66. The van der Waals surface area contributed by atoms with E-state index in [1.165, 1.54) is 12.1 Å². The van der Waals surface area contributed by atoms with E-state index in [0.717, 1.165) is 6.07 Å². The smallest absolute Gasteiger partial charge is 0.403 e. The summed E-state index contributed by atoms with van der Waals surface area (Å²) in [5, 5.41) is 0. The molecular formula is C9H9F3IN5O. The second-order valence-electron chi connectivity index (χ2n) is 3.17. The highest BCUT2D eigenvalue weighted by Crippen LogP contribution is 2.33. The molecule has 0 aliphatic carbocycles. The Labute approximate surface area is 119 Å². The van der Waals surface area contributed by atoms with Crippen LogP contribution in [-0.4, -0.2) is 18.3 Å². The molecule has 0 aliphatic heterocycles. The fourth-order valence-electron chi connectivity index (χ4n) is 1.07. The summed E-state index contributed by atoms with van der Waals surface area (Å²) in [6.07, 6.45) is -4.83. The summed E-state index contributed by atoms with van der Waals surface area (Å²) in [6, 6.07) is 4.00. The highest BCUT2D eigenvalue weighted by atomic mass is 127. The molecule has 0 aliphatic rings. The first-order chi connectivity index (χ1) is 8.67. The largest absolute Gasteiger partial charge is 0.573 e. The van der Waals surface area contributed by atoms with Crippen LogP contribution in [0.2, 0.25) is 0 Å². The van der Waals surface area contributed by atoms with E-state index in [-0.39, 0.29) is 17.6 Å². The van der Waals surface area contributed by atoms with Gasteiger partial charge in [-0.2, -0.15) is 4.99 Å². The van der Waals surface area contributed by atoms with Crippen molar-refractivity contribution in [2.24, 2.45) is 27.2 Å². The Kier molecular flexibility index (Phi) is 4.80. The Morgan fingerprint density at radius 2 is 1.84 bits per heavy atom. The van der Waals surface area contributed by atoms with Gasteiger partial charge in [0, 0.05) is 3.57 Å². The molecule has 0 atom stereocenters. The maximum atomic E-state index is 12.2. The molecule has 0 bridgehead atoms. The third-order valence-corrected chi connectivity index (χ3v) is 2.30. The van der Waals surface area contributed by atoms with Crippen LogP contribution in [0, 0.1) is 3.57 Å². The van der Waals surface area contributed by atoms with E-state index in [9.17, 15) is 13.2 Å². The molecule has 1 rings (SSSR count). The van der Waals surface area contributed by atoms with Gasteiger partial charge in [-0.25, -0.2) is 4.99 Å². The minimum absolute atomic E-state index is 0.139. The molecule has 6 N–H and O–H groups in total. The summed E-state index contributed by atoms with van der Waals surface area (Å²) in [5.41, 5.74) is 15.3. The van der Waals surface area contributed by atoms with Crippen molar-refractivity contribution in [2.75, 3.05) is 0 Å². The van der Waals surface area contributed by atoms with Crippen LogP contribution in [0.3, 0.4) is 0 Å². The fourth-order valence-corrected chi connectivity index (χ4v) is 1.53. The zero-order valence-corrected chi connectivity index (χ0v) is 11.4. The minimum Gasteiger partial charge on any atom is -0.403 e. The number of halogens is 4. The molecule has 0 spiro atoms. The molecule has 1 aromatic carbocycles. The van der Waals surface area contributed by atoms with Crippen LogP contribution < -0.4 is 21.9 Å². The highest BCUT2D eigenvalue weighted by Gasteiger charge is 2.32. The predicted octanol–water partition coefficient (Wildman–Crippen LogP) is 1.41. The topological polar surface area (TPSA) is 112 Å². The van der Waals surface area contributed by atoms with Crippen molar-refractivity contribution in [3.05, 3.63) is 21.8 Å². The van der Waals surface area contributed by atoms with Crippen molar-refractivity contribution in [2.45, 2.75) is 6.36 Å². The van der Waals surface area contributed by atoms with E-state index in [4.69, 9.17) is 17.2 Å². The third kappa shape index (κ3) is 5.63. The summed E-state index contributed by atoms with van der Waals surface area (Å²) in [7, 11) is 0. The molecule has 0 saturated carbocycles. The first-order valence-corrected chi connectivity index (χ1v) is 5.74. The van der Waals surface area contributed by atoms with E-state index >= 15 is 0 Å². The van der Waals surface area contributed by atoms with Gasteiger partial charge in [-0.3, -0.25) is 0 Å². The lowest BCUT2D eigenvalue weighted by Gasteiger charge is -2.11. The van der Waals surface area contributed by atoms with Gasteiger partial charge in [-0.1, -0.05) is 0 Å². The molecule has 6 nitrogen and oxygen atoms in total. The average molecular weight is 387 g/mol. The maximum Gasteiger partial charge on any atom is 0.573 e. The molecule has 0 unspecified atom stereocenters. The summed E-state index contributed by atoms with van der Waals surface area (Å²) in [5.74, 6) is -1.23. The van der Waals surface area contributed by atoms with Crippen LogP contribution in [0.15, 0.2) is 28.2 Å². The normalized spacial score (nSPS) is 12.1. The Morgan fingerprint density at radius 1 is 1.21 bits per heavy atom. The third-order valence-electron chi connectivity index (χ3n) is 1.63. The number of rotatable bonds is 2. The second-order valence-corrected chi connectivity index (χ2v) is 4.41. The van der Waals surface area contributed by atoms with Gasteiger partial charge in [0.15, 0.2) is 11.7 Å². The van der Waals surface area contributed by atoms with Crippen LogP contribution in [0.25, 0.3) is 0 Å². The van der Waals surface area contributed by atoms with Crippen molar-refractivity contribution in [3.63, 3.8) is 0 Å². The second kappa shape index (κ2) is 5.95. The number of benzene rings is 1. The zero-order valence-electron chi connectivity index (χ0n) is 9.28. The Bertz CT molecular complexity index is 525. The fraction of sp³-hybridized carbons (Fsp3) is 0.111. The minimum atomic E-state index is -4.83. The molecule has 0 heterocycles. The monoisotopic (exact) mass is 387 g/mol. The van der Waals surface area contributed by atoms with Gasteiger partial charge in [0.1, 0.15) is 5.69 Å². The van der Waals surface area contributed by atoms with Crippen molar-refractivity contribution < 1.29 is 17.9 Å². The lowest BCUT2D eigenvalue weighted by Crippen LogP contribution is -2.26. The lowest BCUT2D eigenvalue weighted by atomic mass is 10.3. The molecule has 0 fully saturated rings. The van der Waals surface area contributed by atoms with Crippen molar-refractivity contribution in [3.8, 4) is 5.75 Å².